The molecule has 0 aliphatic heterocycles. The Morgan fingerprint density at radius 1 is 1.13 bits per heavy atom. The standard InChI is InChI=1S/C17H22ClN5/c1-12-14(18)9-6-10-15(12)21-17-22-16(11-19-23-17)20-13-7-4-2-3-5-8-13/h6,9-11,13H,2-5,7-8H2,1H3,(H2,20,21,22,23). The summed E-state index contributed by atoms with van der Waals surface area (Å²) < 4.78 is 0. The molecular formula is C17H22ClN5. The Morgan fingerprint density at radius 2 is 1.91 bits per heavy atom. The van der Waals surface area contributed by atoms with Crippen molar-refractivity contribution in [1.82, 2.24) is 15.2 Å². The first kappa shape index (κ1) is 16.0. The van der Waals surface area contributed by atoms with Crippen LogP contribution in [0.1, 0.15) is 44.1 Å². The highest BCUT2D eigenvalue weighted by molar-refractivity contribution is 6.31. The molecule has 0 atom stereocenters. The van der Waals surface area contributed by atoms with Gasteiger partial charge in [-0.2, -0.15) is 10.1 Å². The van der Waals surface area contributed by atoms with E-state index in [0.717, 1.165) is 22.1 Å². The predicted octanol–water partition coefficient (Wildman–Crippen LogP) is 4.71. The Hall–Kier alpha value is -1.88. The summed E-state index contributed by atoms with van der Waals surface area (Å²) in [6, 6.07) is 6.20. The maximum Gasteiger partial charge on any atom is 0.249 e. The number of benzene rings is 1. The zero-order valence-electron chi connectivity index (χ0n) is 13.3. The second-order valence-corrected chi connectivity index (χ2v) is 6.44. The van der Waals surface area contributed by atoms with Crippen molar-refractivity contribution in [3.8, 4) is 0 Å². The minimum absolute atomic E-state index is 0.481. The number of rotatable bonds is 4. The fraction of sp³-hybridized carbons (Fsp3) is 0.471. The molecule has 1 heterocycles. The molecule has 0 saturated heterocycles. The van der Waals surface area contributed by atoms with E-state index in [1.165, 1.54) is 38.5 Å². The van der Waals surface area contributed by atoms with Gasteiger partial charge in [-0.25, -0.2) is 0 Å². The summed E-state index contributed by atoms with van der Waals surface area (Å²) in [5.41, 5.74) is 1.87. The first-order valence-corrected chi connectivity index (χ1v) is 8.58. The van der Waals surface area contributed by atoms with Crippen molar-refractivity contribution < 1.29 is 0 Å². The van der Waals surface area contributed by atoms with E-state index in [-0.39, 0.29) is 0 Å². The molecule has 1 fully saturated rings. The number of nitrogens with one attached hydrogen (secondary N) is 2. The molecule has 0 amide bonds. The molecule has 3 rings (SSSR count). The summed E-state index contributed by atoms with van der Waals surface area (Å²) in [6.07, 6.45) is 9.30. The zero-order chi connectivity index (χ0) is 16.1. The van der Waals surface area contributed by atoms with E-state index in [4.69, 9.17) is 11.6 Å². The first-order valence-electron chi connectivity index (χ1n) is 8.21. The van der Waals surface area contributed by atoms with Gasteiger partial charge in [0.15, 0.2) is 5.82 Å². The van der Waals surface area contributed by atoms with Gasteiger partial charge in [-0.3, -0.25) is 0 Å². The minimum atomic E-state index is 0.481. The van der Waals surface area contributed by atoms with E-state index >= 15 is 0 Å². The second-order valence-electron chi connectivity index (χ2n) is 6.04. The van der Waals surface area contributed by atoms with Gasteiger partial charge in [0, 0.05) is 16.8 Å². The van der Waals surface area contributed by atoms with Crippen LogP contribution in [0.2, 0.25) is 5.02 Å². The fourth-order valence-corrected chi connectivity index (χ4v) is 3.10. The third-order valence-electron chi connectivity index (χ3n) is 4.28. The topological polar surface area (TPSA) is 62.7 Å². The van der Waals surface area contributed by atoms with E-state index in [1.807, 2.05) is 25.1 Å². The number of halogens is 1. The fourth-order valence-electron chi connectivity index (χ4n) is 2.92. The van der Waals surface area contributed by atoms with E-state index in [9.17, 15) is 0 Å². The minimum Gasteiger partial charge on any atom is -0.366 e. The average Bonchev–Trinajstić information content (AvgIpc) is 2.81. The van der Waals surface area contributed by atoms with Crippen LogP contribution in [-0.4, -0.2) is 21.2 Å². The van der Waals surface area contributed by atoms with Crippen LogP contribution in [0.5, 0.6) is 0 Å². The van der Waals surface area contributed by atoms with Gasteiger partial charge >= 0.3 is 0 Å². The molecule has 1 aromatic heterocycles. The summed E-state index contributed by atoms with van der Waals surface area (Å²) in [7, 11) is 0. The highest BCUT2D eigenvalue weighted by Gasteiger charge is 2.13. The lowest BCUT2D eigenvalue weighted by Gasteiger charge is -2.17. The van der Waals surface area contributed by atoms with Crippen molar-refractivity contribution in [3.63, 3.8) is 0 Å². The number of hydrogen-bond donors (Lipinski definition) is 2. The van der Waals surface area contributed by atoms with Crippen molar-refractivity contribution in [1.29, 1.82) is 0 Å². The molecule has 23 heavy (non-hydrogen) atoms. The molecule has 5 nitrogen and oxygen atoms in total. The van der Waals surface area contributed by atoms with Crippen LogP contribution >= 0.6 is 11.6 Å². The van der Waals surface area contributed by atoms with Gasteiger partial charge in [-0.05, 0) is 37.5 Å². The summed E-state index contributed by atoms with van der Waals surface area (Å²) in [5, 5.41) is 15.5. The van der Waals surface area contributed by atoms with Crippen LogP contribution in [0.4, 0.5) is 17.5 Å². The molecule has 122 valence electrons. The van der Waals surface area contributed by atoms with E-state index in [1.54, 1.807) is 6.20 Å². The van der Waals surface area contributed by atoms with Crippen molar-refractivity contribution >= 4 is 29.1 Å². The van der Waals surface area contributed by atoms with Crippen molar-refractivity contribution in [2.45, 2.75) is 51.5 Å². The Kier molecular flexibility index (Phi) is 5.28. The lowest BCUT2D eigenvalue weighted by Crippen LogP contribution is -2.19. The lowest BCUT2D eigenvalue weighted by atomic mass is 10.1. The quantitative estimate of drug-likeness (QED) is 0.794. The Morgan fingerprint density at radius 3 is 2.70 bits per heavy atom. The zero-order valence-corrected chi connectivity index (χ0v) is 14.1. The van der Waals surface area contributed by atoms with Crippen LogP contribution in [0.25, 0.3) is 0 Å². The van der Waals surface area contributed by atoms with Gasteiger partial charge in [-0.15, -0.1) is 5.10 Å². The second kappa shape index (κ2) is 7.59. The molecule has 0 radical (unpaired) electrons. The smallest absolute Gasteiger partial charge is 0.249 e. The molecular weight excluding hydrogens is 310 g/mol. The number of aromatic nitrogens is 3. The molecule has 2 aromatic rings. The molecule has 1 aliphatic carbocycles. The van der Waals surface area contributed by atoms with Gasteiger partial charge in [0.05, 0.1) is 6.20 Å². The van der Waals surface area contributed by atoms with Crippen molar-refractivity contribution in [3.05, 3.63) is 35.0 Å². The summed E-state index contributed by atoms with van der Waals surface area (Å²) in [5.74, 6) is 1.25. The number of nitrogens with zero attached hydrogens (tertiary/aromatic N) is 3. The van der Waals surface area contributed by atoms with Crippen molar-refractivity contribution in [2.24, 2.45) is 0 Å². The molecule has 1 aromatic carbocycles. The monoisotopic (exact) mass is 331 g/mol. The largest absolute Gasteiger partial charge is 0.366 e. The average molecular weight is 332 g/mol. The Balaban J connectivity index is 1.70. The summed E-state index contributed by atoms with van der Waals surface area (Å²) in [6.45, 7) is 1.96. The molecule has 2 N–H and O–H groups in total. The highest BCUT2D eigenvalue weighted by Crippen LogP contribution is 2.25. The molecule has 1 aliphatic rings. The Bertz CT molecular complexity index is 653. The van der Waals surface area contributed by atoms with Crippen molar-refractivity contribution in [2.75, 3.05) is 10.6 Å². The van der Waals surface area contributed by atoms with Gasteiger partial charge < -0.3 is 10.6 Å². The summed E-state index contributed by atoms with van der Waals surface area (Å²) in [4.78, 5) is 4.52. The van der Waals surface area contributed by atoms with E-state index < -0.39 is 0 Å². The lowest BCUT2D eigenvalue weighted by molar-refractivity contribution is 0.617. The van der Waals surface area contributed by atoms with Crippen LogP contribution in [0, 0.1) is 6.92 Å². The third kappa shape index (κ3) is 4.32. The van der Waals surface area contributed by atoms with Gasteiger partial charge in [-0.1, -0.05) is 43.4 Å². The molecule has 0 bridgehead atoms. The third-order valence-corrected chi connectivity index (χ3v) is 4.69. The van der Waals surface area contributed by atoms with Crippen LogP contribution in [0.15, 0.2) is 24.4 Å². The van der Waals surface area contributed by atoms with E-state index in [0.29, 0.717) is 12.0 Å². The SMILES string of the molecule is Cc1c(Cl)cccc1Nc1nncc(NC2CCCCCC2)n1. The van der Waals surface area contributed by atoms with Crippen LogP contribution in [0.3, 0.4) is 0 Å². The maximum absolute atomic E-state index is 6.15. The van der Waals surface area contributed by atoms with Crippen LogP contribution in [-0.2, 0) is 0 Å². The molecule has 0 spiro atoms. The normalized spacial score (nSPS) is 15.9. The van der Waals surface area contributed by atoms with Gasteiger partial charge in [0.2, 0.25) is 5.95 Å². The van der Waals surface area contributed by atoms with E-state index in [2.05, 4.69) is 25.8 Å². The summed E-state index contributed by atoms with van der Waals surface area (Å²) >= 11 is 6.15. The van der Waals surface area contributed by atoms with Crippen LogP contribution < -0.4 is 10.6 Å². The van der Waals surface area contributed by atoms with Gasteiger partial charge in [0.25, 0.3) is 0 Å². The molecule has 0 unspecified atom stereocenters. The van der Waals surface area contributed by atoms with Gasteiger partial charge in [0.1, 0.15) is 0 Å². The highest BCUT2D eigenvalue weighted by atomic mass is 35.5. The maximum atomic E-state index is 6.15. The molecule has 6 heteroatoms. The first-order chi connectivity index (χ1) is 11.2. The molecule has 1 saturated carbocycles. The Labute approximate surface area is 141 Å². The number of hydrogen-bond acceptors (Lipinski definition) is 5. The number of anilines is 3. The predicted molar refractivity (Wildman–Crippen MR) is 94.4 cm³/mol.